The molecule has 0 saturated carbocycles. The molecule has 4 aromatic rings. The second-order valence-electron chi connectivity index (χ2n) is 5.94. The molecular formula is C19H15N5O2S. The van der Waals surface area contributed by atoms with Crippen molar-refractivity contribution in [2.45, 2.75) is 13.8 Å². The van der Waals surface area contributed by atoms with Gasteiger partial charge < -0.3 is 0 Å². The van der Waals surface area contributed by atoms with Crippen LogP contribution in [-0.2, 0) is 0 Å². The number of para-hydroxylation sites is 1. The fourth-order valence-corrected chi connectivity index (χ4v) is 3.41. The Bertz CT molecular complexity index is 1210. The minimum absolute atomic E-state index is 0.139. The number of fused-ring (bicyclic) bond motifs is 1. The van der Waals surface area contributed by atoms with E-state index in [0.29, 0.717) is 33.1 Å². The molecule has 0 aliphatic heterocycles. The van der Waals surface area contributed by atoms with Gasteiger partial charge in [0.15, 0.2) is 0 Å². The molecule has 0 unspecified atom stereocenters. The normalized spacial score (nSPS) is 10.9. The van der Waals surface area contributed by atoms with Gasteiger partial charge in [-0.25, -0.2) is 4.98 Å². The largest absolute Gasteiger partial charge is 0.296 e. The maximum absolute atomic E-state index is 12.8. The fraction of sp³-hybridized carbons (Fsp3) is 0.105. The van der Waals surface area contributed by atoms with Crippen LogP contribution in [0.3, 0.4) is 0 Å². The number of aryl methyl sites for hydroxylation is 2. The quantitative estimate of drug-likeness (QED) is 0.592. The molecule has 1 amide bonds. The van der Waals surface area contributed by atoms with E-state index in [-0.39, 0.29) is 11.5 Å². The summed E-state index contributed by atoms with van der Waals surface area (Å²) in [7, 11) is 0. The average Bonchev–Trinajstić information content (AvgIpc) is 3.07. The van der Waals surface area contributed by atoms with Crippen molar-refractivity contribution < 1.29 is 4.79 Å². The zero-order valence-electron chi connectivity index (χ0n) is 14.6. The Labute approximate surface area is 158 Å². The SMILES string of the molecule is Cc1nnc(NC(=O)c2ccc(-n3c(C)nc4ccccc4c3=O)cc2)s1. The van der Waals surface area contributed by atoms with E-state index in [4.69, 9.17) is 0 Å². The maximum atomic E-state index is 12.8. The molecule has 27 heavy (non-hydrogen) atoms. The molecule has 2 aromatic carbocycles. The van der Waals surface area contributed by atoms with Crippen LogP contribution in [0.5, 0.6) is 0 Å². The second-order valence-corrected chi connectivity index (χ2v) is 7.13. The predicted molar refractivity (Wildman–Crippen MR) is 105 cm³/mol. The first-order chi connectivity index (χ1) is 13.0. The number of carbonyl (C=O) groups excluding carboxylic acids is 1. The van der Waals surface area contributed by atoms with Gasteiger partial charge in [-0.3, -0.25) is 19.5 Å². The predicted octanol–water partition coefficient (Wildman–Crippen LogP) is 3.11. The number of rotatable bonds is 3. The van der Waals surface area contributed by atoms with Gasteiger partial charge in [0.2, 0.25) is 5.13 Å². The Morgan fingerprint density at radius 2 is 1.78 bits per heavy atom. The van der Waals surface area contributed by atoms with Crippen molar-refractivity contribution in [1.82, 2.24) is 19.7 Å². The molecule has 0 atom stereocenters. The Balaban J connectivity index is 1.67. The van der Waals surface area contributed by atoms with Crippen LogP contribution >= 0.6 is 11.3 Å². The summed E-state index contributed by atoms with van der Waals surface area (Å²) in [6, 6.07) is 14.0. The van der Waals surface area contributed by atoms with Crippen molar-refractivity contribution in [1.29, 1.82) is 0 Å². The zero-order valence-corrected chi connectivity index (χ0v) is 15.4. The van der Waals surface area contributed by atoms with Crippen molar-refractivity contribution in [2.24, 2.45) is 0 Å². The monoisotopic (exact) mass is 377 g/mol. The molecule has 8 heteroatoms. The molecule has 2 aromatic heterocycles. The van der Waals surface area contributed by atoms with Gasteiger partial charge in [-0.05, 0) is 50.2 Å². The van der Waals surface area contributed by atoms with E-state index in [1.165, 1.54) is 15.9 Å². The highest BCUT2D eigenvalue weighted by molar-refractivity contribution is 7.15. The van der Waals surface area contributed by atoms with Crippen LogP contribution in [0.2, 0.25) is 0 Å². The number of amides is 1. The van der Waals surface area contributed by atoms with Gasteiger partial charge in [-0.15, -0.1) is 10.2 Å². The molecule has 0 saturated heterocycles. The van der Waals surface area contributed by atoms with E-state index in [0.717, 1.165) is 5.01 Å². The van der Waals surface area contributed by atoms with E-state index >= 15 is 0 Å². The lowest BCUT2D eigenvalue weighted by Crippen LogP contribution is -2.22. The standard InChI is InChI=1S/C19H15N5O2S/c1-11-20-16-6-4-3-5-15(16)18(26)24(11)14-9-7-13(8-10-14)17(25)21-19-23-22-12(2)27-19/h3-10H,1-2H3,(H,21,23,25). The van der Waals surface area contributed by atoms with Crippen molar-refractivity contribution >= 4 is 33.3 Å². The number of anilines is 1. The van der Waals surface area contributed by atoms with Gasteiger partial charge in [-0.2, -0.15) is 0 Å². The van der Waals surface area contributed by atoms with Crippen LogP contribution in [0.15, 0.2) is 53.3 Å². The highest BCUT2D eigenvalue weighted by Crippen LogP contribution is 2.17. The second kappa shape index (κ2) is 6.73. The molecule has 7 nitrogen and oxygen atoms in total. The molecule has 0 fully saturated rings. The molecule has 4 rings (SSSR count). The number of hydrogen-bond acceptors (Lipinski definition) is 6. The summed E-state index contributed by atoms with van der Waals surface area (Å²) in [4.78, 5) is 29.7. The first-order valence-corrected chi connectivity index (χ1v) is 9.05. The van der Waals surface area contributed by atoms with Gasteiger partial charge >= 0.3 is 0 Å². The average molecular weight is 377 g/mol. The number of nitrogens with zero attached hydrogens (tertiary/aromatic N) is 4. The van der Waals surface area contributed by atoms with Crippen LogP contribution in [0.4, 0.5) is 5.13 Å². The molecule has 0 spiro atoms. The summed E-state index contributed by atoms with van der Waals surface area (Å²) in [6.07, 6.45) is 0. The minimum atomic E-state index is -0.279. The molecule has 0 aliphatic rings. The molecule has 1 N–H and O–H groups in total. The van der Waals surface area contributed by atoms with Crippen LogP contribution in [-0.4, -0.2) is 25.7 Å². The lowest BCUT2D eigenvalue weighted by atomic mass is 10.2. The maximum Gasteiger partial charge on any atom is 0.265 e. The van der Waals surface area contributed by atoms with Crippen molar-refractivity contribution in [2.75, 3.05) is 5.32 Å². The number of nitrogens with one attached hydrogen (secondary N) is 1. The first kappa shape index (κ1) is 17.0. The first-order valence-electron chi connectivity index (χ1n) is 8.23. The minimum Gasteiger partial charge on any atom is -0.296 e. The van der Waals surface area contributed by atoms with Crippen LogP contribution < -0.4 is 10.9 Å². The summed E-state index contributed by atoms with van der Waals surface area (Å²) in [5.41, 5.74) is 1.64. The van der Waals surface area contributed by atoms with E-state index < -0.39 is 0 Å². The Kier molecular flexibility index (Phi) is 4.25. The smallest absolute Gasteiger partial charge is 0.265 e. The third-order valence-corrected chi connectivity index (χ3v) is 4.83. The number of carbonyl (C=O) groups is 1. The van der Waals surface area contributed by atoms with Gasteiger partial charge in [0, 0.05) is 5.56 Å². The highest BCUT2D eigenvalue weighted by Gasteiger charge is 2.12. The van der Waals surface area contributed by atoms with Crippen LogP contribution in [0.1, 0.15) is 21.2 Å². The Hall–Kier alpha value is -3.39. The zero-order chi connectivity index (χ0) is 19.0. The van der Waals surface area contributed by atoms with Gasteiger partial charge in [0.1, 0.15) is 10.8 Å². The molecular weight excluding hydrogens is 362 g/mol. The van der Waals surface area contributed by atoms with E-state index in [1.54, 1.807) is 37.3 Å². The van der Waals surface area contributed by atoms with Crippen LogP contribution in [0.25, 0.3) is 16.6 Å². The van der Waals surface area contributed by atoms with Gasteiger partial charge in [0.05, 0.1) is 16.6 Å². The van der Waals surface area contributed by atoms with Gasteiger partial charge in [-0.1, -0.05) is 23.5 Å². The lowest BCUT2D eigenvalue weighted by molar-refractivity contribution is 0.102. The summed E-state index contributed by atoms with van der Waals surface area (Å²) in [5.74, 6) is 0.304. The topological polar surface area (TPSA) is 89.8 Å². The third kappa shape index (κ3) is 3.22. The van der Waals surface area contributed by atoms with Crippen molar-refractivity contribution in [3.05, 3.63) is 75.3 Å². The summed E-state index contributed by atoms with van der Waals surface area (Å²) >= 11 is 1.31. The van der Waals surface area contributed by atoms with E-state index in [2.05, 4.69) is 20.5 Å². The molecule has 0 bridgehead atoms. The molecule has 134 valence electrons. The highest BCUT2D eigenvalue weighted by atomic mass is 32.1. The van der Waals surface area contributed by atoms with Crippen molar-refractivity contribution in [3.63, 3.8) is 0 Å². The van der Waals surface area contributed by atoms with Crippen LogP contribution in [0, 0.1) is 13.8 Å². The van der Waals surface area contributed by atoms with Crippen molar-refractivity contribution in [3.8, 4) is 5.69 Å². The fourth-order valence-electron chi connectivity index (χ4n) is 2.83. The number of benzene rings is 2. The van der Waals surface area contributed by atoms with E-state index in [1.807, 2.05) is 25.1 Å². The number of aromatic nitrogens is 4. The molecule has 2 heterocycles. The van der Waals surface area contributed by atoms with E-state index in [9.17, 15) is 9.59 Å². The summed E-state index contributed by atoms with van der Waals surface area (Å²) in [5, 5.41) is 12.2. The lowest BCUT2D eigenvalue weighted by Gasteiger charge is -2.11. The number of hydrogen-bond donors (Lipinski definition) is 1. The molecule has 0 radical (unpaired) electrons. The third-order valence-electron chi connectivity index (χ3n) is 4.08. The molecule has 0 aliphatic carbocycles. The Morgan fingerprint density at radius 1 is 1.04 bits per heavy atom. The summed E-state index contributed by atoms with van der Waals surface area (Å²) in [6.45, 7) is 3.60. The van der Waals surface area contributed by atoms with Gasteiger partial charge in [0.25, 0.3) is 11.5 Å². The Morgan fingerprint density at radius 3 is 2.48 bits per heavy atom. The summed E-state index contributed by atoms with van der Waals surface area (Å²) < 4.78 is 1.54.